The van der Waals surface area contributed by atoms with E-state index in [1.54, 1.807) is 0 Å². The van der Waals surface area contributed by atoms with Gasteiger partial charge in [0.05, 0.1) is 26.4 Å². The highest BCUT2D eigenvalue weighted by atomic mass is 16.5. The Kier molecular flexibility index (Phi) is 14.8. The molecule has 0 aromatic heterocycles. The van der Waals surface area contributed by atoms with Gasteiger partial charge >= 0.3 is 0 Å². The number of nitrogens with two attached hydrogens (primary N) is 1. The second-order valence-corrected chi connectivity index (χ2v) is 4.53. The van der Waals surface area contributed by atoms with Crippen molar-refractivity contribution in [3.8, 4) is 0 Å². The Morgan fingerprint density at radius 2 is 1.28 bits per heavy atom. The molecule has 0 radical (unpaired) electrons. The fourth-order valence-electron chi connectivity index (χ4n) is 1.54. The van der Waals surface area contributed by atoms with Crippen LogP contribution in [-0.4, -0.2) is 45.7 Å². The number of ether oxygens (including phenoxy) is 3. The quantitative estimate of drug-likeness (QED) is 0.488. The molecule has 0 rings (SSSR count). The zero-order chi connectivity index (χ0) is 13.5. The maximum atomic E-state index is 5.88. The number of hydrogen-bond acceptors (Lipinski definition) is 4. The summed E-state index contributed by atoms with van der Waals surface area (Å²) in [7, 11) is 0. The third-order valence-electron chi connectivity index (χ3n) is 2.68. The highest BCUT2D eigenvalue weighted by Crippen LogP contribution is 1.98. The van der Waals surface area contributed by atoms with Gasteiger partial charge in [-0.3, -0.25) is 0 Å². The average Bonchev–Trinajstić information content (AvgIpc) is 2.36. The van der Waals surface area contributed by atoms with Crippen LogP contribution in [0.3, 0.4) is 0 Å². The molecule has 4 heteroatoms. The van der Waals surface area contributed by atoms with E-state index in [1.165, 1.54) is 6.42 Å². The molecule has 4 nitrogen and oxygen atoms in total. The van der Waals surface area contributed by atoms with Gasteiger partial charge in [-0.2, -0.15) is 0 Å². The van der Waals surface area contributed by atoms with Crippen molar-refractivity contribution in [1.29, 1.82) is 0 Å². The topological polar surface area (TPSA) is 53.7 Å². The second kappa shape index (κ2) is 14.9. The molecular weight excluding hydrogens is 230 g/mol. The third kappa shape index (κ3) is 13.9. The Morgan fingerprint density at radius 3 is 1.83 bits per heavy atom. The van der Waals surface area contributed by atoms with E-state index in [4.69, 9.17) is 19.9 Å². The monoisotopic (exact) mass is 261 g/mol. The van der Waals surface area contributed by atoms with Crippen LogP contribution in [0.4, 0.5) is 0 Å². The summed E-state index contributed by atoms with van der Waals surface area (Å²) in [5, 5.41) is 0. The van der Waals surface area contributed by atoms with Crippen molar-refractivity contribution in [2.24, 2.45) is 5.73 Å². The van der Waals surface area contributed by atoms with E-state index in [0.717, 1.165) is 38.9 Å². The number of unbranched alkanes of at least 4 members (excludes halogenated alkanes) is 1. The molecule has 0 spiro atoms. The molecule has 0 aromatic carbocycles. The summed E-state index contributed by atoms with van der Waals surface area (Å²) >= 11 is 0. The zero-order valence-corrected chi connectivity index (χ0v) is 12.2. The van der Waals surface area contributed by atoms with E-state index >= 15 is 0 Å². The Morgan fingerprint density at radius 1 is 0.722 bits per heavy atom. The molecule has 0 aliphatic heterocycles. The molecule has 0 saturated carbocycles. The molecule has 110 valence electrons. The molecule has 18 heavy (non-hydrogen) atoms. The lowest BCUT2D eigenvalue weighted by molar-refractivity contribution is 0.0129. The molecule has 2 N–H and O–H groups in total. The molecule has 1 unspecified atom stereocenters. The smallest absolute Gasteiger partial charge is 0.0701 e. The minimum Gasteiger partial charge on any atom is -0.379 e. The van der Waals surface area contributed by atoms with Gasteiger partial charge in [-0.05, 0) is 19.3 Å². The van der Waals surface area contributed by atoms with Gasteiger partial charge in [-0.15, -0.1) is 0 Å². The lowest BCUT2D eigenvalue weighted by atomic mass is 10.1. The lowest BCUT2D eigenvalue weighted by Gasteiger charge is -2.10. The van der Waals surface area contributed by atoms with Crippen LogP contribution in [0.15, 0.2) is 0 Å². The van der Waals surface area contributed by atoms with Crippen molar-refractivity contribution in [3.63, 3.8) is 0 Å². The van der Waals surface area contributed by atoms with E-state index in [1.807, 2.05) is 0 Å². The third-order valence-corrected chi connectivity index (χ3v) is 2.68. The van der Waals surface area contributed by atoms with Crippen molar-refractivity contribution in [1.82, 2.24) is 0 Å². The summed E-state index contributed by atoms with van der Waals surface area (Å²) in [6, 6.07) is 0.280. The van der Waals surface area contributed by atoms with Crippen molar-refractivity contribution in [3.05, 3.63) is 0 Å². The summed E-state index contributed by atoms with van der Waals surface area (Å²) in [6.07, 6.45) is 5.46. The highest BCUT2D eigenvalue weighted by molar-refractivity contribution is 4.58. The van der Waals surface area contributed by atoms with E-state index < -0.39 is 0 Å². The van der Waals surface area contributed by atoms with Crippen LogP contribution in [0, 0.1) is 0 Å². The van der Waals surface area contributed by atoms with Crippen LogP contribution in [0.1, 0.15) is 46.0 Å². The van der Waals surface area contributed by atoms with Gasteiger partial charge < -0.3 is 19.9 Å². The molecule has 0 aliphatic rings. The van der Waals surface area contributed by atoms with E-state index in [0.29, 0.717) is 26.4 Å². The zero-order valence-electron chi connectivity index (χ0n) is 12.2. The molecule has 1 atom stereocenters. The second-order valence-electron chi connectivity index (χ2n) is 4.53. The molecule has 0 fully saturated rings. The normalized spacial score (nSPS) is 12.8. The first kappa shape index (κ1) is 17.8. The maximum absolute atomic E-state index is 5.88. The fourth-order valence-corrected chi connectivity index (χ4v) is 1.54. The van der Waals surface area contributed by atoms with Gasteiger partial charge in [-0.1, -0.05) is 26.7 Å². The van der Waals surface area contributed by atoms with Crippen molar-refractivity contribution in [2.45, 2.75) is 52.0 Å². The van der Waals surface area contributed by atoms with Gasteiger partial charge in [0.15, 0.2) is 0 Å². The summed E-state index contributed by atoms with van der Waals surface area (Å²) in [5.41, 5.74) is 5.88. The van der Waals surface area contributed by atoms with Crippen LogP contribution >= 0.6 is 0 Å². The molecule has 0 bridgehead atoms. The van der Waals surface area contributed by atoms with E-state index in [-0.39, 0.29) is 6.04 Å². The molecule has 0 saturated heterocycles. The van der Waals surface area contributed by atoms with Gasteiger partial charge in [0, 0.05) is 19.3 Å². The maximum Gasteiger partial charge on any atom is 0.0701 e. The first-order valence-corrected chi connectivity index (χ1v) is 7.30. The molecule has 0 aromatic rings. The molecule has 0 amide bonds. The first-order chi connectivity index (χ1) is 8.81. The van der Waals surface area contributed by atoms with Crippen molar-refractivity contribution < 1.29 is 14.2 Å². The Labute approximate surface area is 112 Å². The van der Waals surface area contributed by atoms with Gasteiger partial charge in [0.2, 0.25) is 0 Å². The molecule has 0 heterocycles. The summed E-state index contributed by atoms with van der Waals surface area (Å²) in [5.74, 6) is 0. The molecule has 0 aliphatic carbocycles. The predicted molar refractivity (Wildman–Crippen MR) is 74.9 cm³/mol. The SMILES string of the molecule is CCCCOCCOCCOCCC(N)CCC. The predicted octanol–water partition coefficient (Wildman–Crippen LogP) is 2.35. The van der Waals surface area contributed by atoms with E-state index in [2.05, 4.69) is 13.8 Å². The first-order valence-electron chi connectivity index (χ1n) is 7.30. The van der Waals surface area contributed by atoms with Crippen LogP contribution in [0.25, 0.3) is 0 Å². The van der Waals surface area contributed by atoms with E-state index in [9.17, 15) is 0 Å². The van der Waals surface area contributed by atoms with Crippen LogP contribution in [-0.2, 0) is 14.2 Å². The minimum atomic E-state index is 0.280. The lowest BCUT2D eigenvalue weighted by Crippen LogP contribution is -2.22. The standard InChI is InChI=1S/C14H31NO3/c1-3-5-8-16-10-12-18-13-11-17-9-7-14(15)6-4-2/h14H,3-13,15H2,1-2H3. The summed E-state index contributed by atoms with van der Waals surface area (Å²) in [6.45, 7) is 8.50. The van der Waals surface area contributed by atoms with Crippen LogP contribution < -0.4 is 5.73 Å². The summed E-state index contributed by atoms with van der Waals surface area (Å²) in [4.78, 5) is 0. The Balaban J connectivity index is 2.98. The number of hydrogen-bond donors (Lipinski definition) is 1. The number of rotatable bonds is 14. The van der Waals surface area contributed by atoms with Gasteiger partial charge in [0.25, 0.3) is 0 Å². The van der Waals surface area contributed by atoms with Crippen molar-refractivity contribution >= 4 is 0 Å². The Hall–Kier alpha value is -0.160. The van der Waals surface area contributed by atoms with Gasteiger partial charge in [0.1, 0.15) is 0 Å². The fraction of sp³-hybridized carbons (Fsp3) is 1.00. The Bertz CT molecular complexity index is 156. The average molecular weight is 261 g/mol. The summed E-state index contributed by atoms with van der Waals surface area (Å²) < 4.78 is 16.2. The van der Waals surface area contributed by atoms with Gasteiger partial charge in [-0.25, -0.2) is 0 Å². The minimum absolute atomic E-state index is 0.280. The van der Waals surface area contributed by atoms with Crippen LogP contribution in [0.2, 0.25) is 0 Å². The van der Waals surface area contributed by atoms with Crippen molar-refractivity contribution in [2.75, 3.05) is 39.6 Å². The highest BCUT2D eigenvalue weighted by Gasteiger charge is 2.00. The molecular formula is C14H31NO3. The largest absolute Gasteiger partial charge is 0.379 e. The van der Waals surface area contributed by atoms with Crippen LogP contribution in [0.5, 0.6) is 0 Å².